The maximum Gasteiger partial charge on any atom is 0.250 e. The first kappa shape index (κ1) is 13.7. The van der Waals surface area contributed by atoms with Crippen LogP contribution in [0.3, 0.4) is 0 Å². The second-order valence-corrected chi connectivity index (χ2v) is 5.05. The summed E-state index contributed by atoms with van der Waals surface area (Å²) in [5.41, 5.74) is 13.0. The van der Waals surface area contributed by atoms with Gasteiger partial charge in [-0.05, 0) is 43.9 Å². The molecular weight excluding hydrogens is 242 g/mol. The summed E-state index contributed by atoms with van der Waals surface area (Å²) in [7, 11) is 0. The number of carbonyl (C=O) groups excluding carboxylic acids is 1. The van der Waals surface area contributed by atoms with Gasteiger partial charge in [0.05, 0.1) is 5.56 Å². The van der Waals surface area contributed by atoms with Crippen LogP contribution in [0.2, 0.25) is 0 Å². The van der Waals surface area contributed by atoms with Crippen molar-refractivity contribution in [3.05, 3.63) is 23.8 Å². The molecule has 0 aliphatic carbocycles. The first-order chi connectivity index (χ1) is 9.08. The van der Waals surface area contributed by atoms with Crippen molar-refractivity contribution in [3.8, 4) is 0 Å². The number of hydrogen-bond acceptors (Lipinski definition) is 4. The van der Waals surface area contributed by atoms with E-state index in [-0.39, 0.29) is 6.04 Å². The lowest BCUT2D eigenvalue weighted by atomic mass is 9.92. The maximum atomic E-state index is 11.4. The van der Waals surface area contributed by atoms with Crippen molar-refractivity contribution in [1.82, 2.24) is 0 Å². The van der Waals surface area contributed by atoms with Gasteiger partial charge in [-0.3, -0.25) is 4.79 Å². The molecule has 1 atom stereocenters. The zero-order valence-electron chi connectivity index (χ0n) is 11.2. The normalized spacial score (nSPS) is 17.9. The molecule has 1 heterocycles. The van der Waals surface area contributed by atoms with Crippen LogP contribution in [-0.2, 0) is 4.74 Å². The smallest absolute Gasteiger partial charge is 0.250 e. The molecule has 5 nitrogen and oxygen atoms in total. The van der Waals surface area contributed by atoms with Crippen LogP contribution in [0.4, 0.5) is 11.4 Å². The molecule has 1 fully saturated rings. The number of anilines is 2. The van der Waals surface area contributed by atoms with Gasteiger partial charge >= 0.3 is 0 Å². The summed E-state index contributed by atoms with van der Waals surface area (Å²) >= 11 is 0. The first-order valence-corrected chi connectivity index (χ1v) is 6.61. The molecular formula is C14H21N3O2. The van der Waals surface area contributed by atoms with Gasteiger partial charge in [0, 0.05) is 30.6 Å². The summed E-state index contributed by atoms with van der Waals surface area (Å²) in [6.07, 6.45) is 2.06. The first-order valence-electron chi connectivity index (χ1n) is 6.61. The van der Waals surface area contributed by atoms with Gasteiger partial charge in [-0.25, -0.2) is 0 Å². The second kappa shape index (κ2) is 5.93. The number of primary amides is 1. The number of amides is 1. The van der Waals surface area contributed by atoms with E-state index in [0.717, 1.165) is 26.1 Å². The molecule has 0 aromatic heterocycles. The standard InChI is InChI=1S/C14H21N3O2/c1-9(10-4-6-19-7-5-10)17-13-8-11(15)2-3-12(13)14(16)18/h2-3,8-10,17H,4-7,15H2,1H3,(H2,16,18). The van der Waals surface area contributed by atoms with Gasteiger partial charge in [-0.1, -0.05) is 0 Å². The van der Waals surface area contributed by atoms with Gasteiger partial charge < -0.3 is 21.5 Å². The minimum absolute atomic E-state index is 0.254. The number of carbonyl (C=O) groups is 1. The molecule has 0 radical (unpaired) electrons. The Bertz CT molecular complexity index is 456. The molecule has 1 unspecified atom stereocenters. The molecule has 1 aromatic rings. The van der Waals surface area contributed by atoms with E-state index in [2.05, 4.69) is 12.2 Å². The summed E-state index contributed by atoms with van der Waals surface area (Å²) in [5.74, 6) is 0.0950. The molecule has 1 saturated heterocycles. The highest BCUT2D eigenvalue weighted by Crippen LogP contribution is 2.25. The lowest BCUT2D eigenvalue weighted by Crippen LogP contribution is -2.31. The monoisotopic (exact) mass is 263 g/mol. The highest BCUT2D eigenvalue weighted by molar-refractivity contribution is 5.99. The van der Waals surface area contributed by atoms with Crippen molar-refractivity contribution in [2.24, 2.45) is 11.7 Å². The van der Waals surface area contributed by atoms with Gasteiger partial charge in [0.25, 0.3) is 5.91 Å². The van der Waals surface area contributed by atoms with E-state index in [1.807, 2.05) is 0 Å². The summed E-state index contributed by atoms with van der Waals surface area (Å²) < 4.78 is 5.36. The number of rotatable bonds is 4. The zero-order valence-corrected chi connectivity index (χ0v) is 11.2. The Hall–Kier alpha value is -1.75. The molecule has 1 aliphatic heterocycles. The van der Waals surface area contributed by atoms with Crippen LogP contribution in [0.15, 0.2) is 18.2 Å². The topological polar surface area (TPSA) is 90.4 Å². The Morgan fingerprint density at radius 3 is 2.74 bits per heavy atom. The molecule has 2 rings (SSSR count). The van der Waals surface area contributed by atoms with E-state index in [1.54, 1.807) is 18.2 Å². The van der Waals surface area contributed by atoms with Gasteiger partial charge in [-0.2, -0.15) is 0 Å². The van der Waals surface area contributed by atoms with Crippen molar-refractivity contribution in [2.75, 3.05) is 24.3 Å². The van der Waals surface area contributed by atoms with E-state index in [0.29, 0.717) is 22.9 Å². The van der Waals surface area contributed by atoms with Crippen LogP contribution < -0.4 is 16.8 Å². The Balaban J connectivity index is 2.12. The Kier molecular flexibility index (Phi) is 4.27. The van der Waals surface area contributed by atoms with E-state index >= 15 is 0 Å². The highest BCUT2D eigenvalue weighted by atomic mass is 16.5. The fourth-order valence-electron chi connectivity index (χ4n) is 2.48. The molecule has 1 amide bonds. The molecule has 19 heavy (non-hydrogen) atoms. The summed E-state index contributed by atoms with van der Waals surface area (Å²) in [5, 5.41) is 3.37. The molecule has 5 heteroatoms. The molecule has 0 bridgehead atoms. The Labute approximate surface area is 113 Å². The zero-order chi connectivity index (χ0) is 13.8. The van der Waals surface area contributed by atoms with Crippen LogP contribution in [0.5, 0.6) is 0 Å². The molecule has 104 valence electrons. The summed E-state index contributed by atoms with van der Waals surface area (Å²) in [4.78, 5) is 11.4. The number of ether oxygens (including phenoxy) is 1. The van der Waals surface area contributed by atoms with E-state index in [4.69, 9.17) is 16.2 Å². The molecule has 0 saturated carbocycles. The third-order valence-corrected chi connectivity index (χ3v) is 3.67. The predicted molar refractivity (Wildman–Crippen MR) is 76.0 cm³/mol. The van der Waals surface area contributed by atoms with Crippen LogP contribution in [0, 0.1) is 5.92 Å². The maximum absolute atomic E-state index is 11.4. The summed E-state index contributed by atoms with van der Waals surface area (Å²) in [6, 6.07) is 5.36. The number of hydrogen-bond donors (Lipinski definition) is 3. The minimum Gasteiger partial charge on any atom is -0.399 e. The average molecular weight is 263 g/mol. The number of nitrogen functional groups attached to an aromatic ring is 1. The van der Waals surface area contributed by atoms with Gasteiger partial charge in [0.1, 0.15) is 0 Å². The second-order valence-electron chi connectivity index (χ2n) is 5.05. The third kappa shape index (κ3) is 3.38. The van der Waals surface area contributed by atoms with Gasteiger partial charge in [0.2, 0.25) is 0 Å². The fourth-order valence-corrected chi connectivity index (χ4v) is 2.48. The fraction of sp³-hybridized carbons (Fsp3) is 0.500. The van der Waals surface area contributed by atoms with E-state index < -0.39 is 5.91 Å². The largest absolute Gasteiger partial charge is 0.399 e. The van der Waals surface area contributed by atoms with Crippen LogP contribution >= 0.6 is 0 Å². The lowest BCUT2D eigenvalue weighted by Gasteiger charge is -2.29. The van der Waals surface area contributed by atoms with Crippen molar-refractivity contribution in [1.29, 1.82) is 0 Å². The minimum atomic E-state index is -0.443. The number of benzene rings is 1. The quantitative estimate of drug-likeness (QED) is 0.720. The van der Waals surface area contributed by atoms with Crippen LogP contribution in [0.1, 0.15) is 30.1 Å². The summed E-state index contributed by atoms with van der Waals surface area (Å²) in [6.45, 7) is 3.72. The van der Waals surface area contributed by atoms with Gasteiger partial charge in [0.15, 0.2) is 0 Å². The third-order valence-electron chi connectivity index (χ3n) is 3.67. The molecule has 0 spiro atoms. The average Bonchev–Trinajstić information content (AvgIpc) is 2.39. The number of nitrogens with one attached hydrogen (secondary N) is 1. The predicted octanol–water partition coefficient (Wildman–Crippen LogP) is 1.59. The SMILES string of the molecule is CC(Nc1cc(N)ccc1C(N)=O)C1CCOCC1. The molecule has 1 aliphatic rings. The molecule has 1 aromatic carbocycles. The number of nitrogens with two attached hydrogens (primary N) is 2. The van der Waals surface area contributed by atoms with E-state index in [1.165, 1.54) is 0 Å². The highest BCUT2D eigenvalue weighted by Gasteiger charge is 2.21. The lowest BCUT2D eigenvalue weighted by molar-refractivity contribution is 0.0622. The van der Waals surface area contributed by atoms with Crippen molar-refractivity contribution in [2.45, 2.75) is 25.8 Å². The van der Waals surface area contributed by atoms with Crippen LogP contribution in [0.25, 0.3) is 0 Å². The Morgan fingerprint density at radius 1 is 1.42 bits per heavy atom. The van der Waals surface area contributed by atoms with Crippen LogP contribution in [-0.4, -0.2) is 25.2 Å². The molecule has 5 N–H and O–H groups in total. The van der Waals surface area contributed by atoms with Crippen molar-refractivity contribution in [3.63, 3.8) is 0 Å². The van der Waals surface area contributed by atoms with Crippen molar-refractivity contribution < 1.29 is 9.53 Å². The van der Waals surface area contributed by atoms with E-state index in [9.17, 15) is 4.79 Å². The Morgan fingerprint density at radius 2 is 2.11 bits per heavy atom. The van der Waals surface area contributed by atoms with Crippen molar-refractivity contribution >= 4 is 17.3 Å². The van der Waals surface area contributed by atoms with Gasteiger partial charge in [-0.15, -0.1) is 0 Å².